The van der Waals surface area contributed by atoms with Gasteiger partial charge >= 0.3 is 0 Å². The van der Waals surface area contributed by atoms with E-state index in [0.717, 1.165) is 48.5 Å². The van der Waals surface area contributed by atoms with Gasteiger partial charge in [0.25, 0.3) is 5.91 Å². The summed E-state index contributed by atoms with van der Waals surface area (Å²) in [5.41, 5.74) is 2.56. The monoisotopic (exact) mass is 488 g/mol. The van der Waals surface area contributed by atoms with Gasteiger partial charge in [-0.25, -0.2) is 4.98 Å². The number of hydrogen-bond donors (Lipinski definition) is 3. The normalized spacial score (nSPS) is 15.2. The number of para-hydroxylation sites is 1. The van der Waals surface area contributed by atoms with Crippen LogP contribution in [0.5, 0.6) is 0 Å². The average Bonchev–Trinajstić information content (AvgIpc) is 3.55. The van der Waals surface area contributed by atoms with Crippen LogP contribution in [-0.4, -0.2) is 66.0 Å². The van der Waals surface area contributed by atoms with Gasteiger partial charge in [-0.1, -0.05) is 24.3 Å². The molecule has 35 heavy (non-hydrogen) atoms. The highest BCUT2D eigenvalue weighted by Crippen LogP contribution is 2.21. The molecular weight excluding hydrogens is 460 g/mol. The van der Waals surface area contributed by atoms with E-state index in [-0.39, 0.29) is 11.8 Å². The molecule has 1 aromatic carbocycles. The summed E-state index contributed by atoms with van der Waals surface area (Å²) in [6.45, 7) is 3.85. The molecular formula is C26H28N6O2S. The largest absolute Gasteiger partial charge is 0.361 e. The number of piperazine rings is 1. The second-order valence-electron chi connectivity index (χ2n) is 8.75. The maximum Gasteiger partial charge on any atom is 0.262 e. The van der Waals surface area contributed by atoms with Crippen molar-refractivity contribution in [2.24, 2.45) is 0 Å². The number of thiophene rings is 1. The van der Waals surface area contributed by atoms with E-state index in [0.29, 0.717) is 17.0 Å². The number of carbonyl (C=O) groups is 2. The van der Waals surface area contributed by atoms with Crippen molar-refractivity contribution in [1.82, 2.24) is 20.2 Å². The van der Waals surface area contributed by atoms with Gasteiger partial charge in [-0.15, -0.1) is 11.3 Å². The van der Waals surface area contributed by atoms with Crippen molar-refractivity contribution >= 4 is 45.6 Å². The number of anilines is 2. The number of nitrogens with one attached hydrogen (secondary N) is 3. The summed E-state index contributed by atoms with van der Waals surface area (Å²) in [6, 6.07) is 14.5. The van der Waals surface area contributed by atoms with E-state index >= 15 is 0 Å². The van der Waals surface area contributed by atoms with Crippen LogP contribution < -0.4 is 15.5 Å². The van der Waals surface area contributed by atoms with E-state index in [4.69, 9.17) is 0 Å². The van der Waals surface area contributed by atoms with Gasteiger partial charge in [0.2, 0.25) is 5.91 Å². The quantitative estimate of drug-likeness (QED) is 0.371. The van der Waals surface area contributed by atoms with Crippen molar-refractivity contribution in [3.8, 4) is 0 Å². The van der Waals surface area contributed by atoms with Crippen molar-refractivity contribution in [3.63, 3.8) is 0 Å². The van der Waals surface area contributed by atoms with E-state index in [1.165, 1.54) is 11.3 Å². The Bertz CT molecular complexity index is 1290. The summed E-state index contributed by atoms with van der Waals surface area (Å²) in [5, 5.41) is 8.74. The molecule has 1 aliphatic rings. The number of aromatic nitrogens is 2. The minimum absolute atomic E-state index is 0.261. The van der Waals surface area contributed by atoms with Crippen molar-refractivity contribution < 1.29 is 9.59 Å². The third kappa shape index (κ3) is 5.36. The SMILES string of the molecule is CN1CCN(c2ccc(NC(=O)[C@@H](Cc3c[nH]c4ccccc34)NC(=O)c3cccs3)cn2)CC1. The molecule has 3 N–H and O–H groups in total. The fourth-order valence-corrected chi connectivity index (χ4v) is 4.91. The lowest BCUT2D eigenvalue weighted by Crippen LogP contribution is -2.45. The highest BCUT2D eigenvalue weighted by atomic mass is 32.1. The van der Waals surface area contributed by atoms with Gasteiger partial charge in [0.15, 0.2) is 0 Å². The van der Waals surface area contributed by atoms with Gasteiger partial charge in [-0.2, -0.15) is 0 Å². The Kier molecular flexibility index (Phi) is 6.78. The predicted octanol–water partition coefficient (Wildman–Crippen LogP) is 3.36. The lowest BCUT2D eigenvalue weighted by atomic mass is 10.0. The van der Waals surface area contributed by atoms with E-state index in [1.54, 1.807) is 12.3 Å². The number of carbonyl (C=O) groups excluding carboxylic acids is 2. The van der Waals surface area contributed by atoms with Gasteiger partial charge < -0.3 is 25.4 Å². The molecule has 0 unspecified atom stereocenters. The number of rotatable bonds is 7. The molecule has 4 aromatic rings. The van der Waals surface area contributed by atoms with E-state index in [9.17, 15) is 9.59 Å². The van der Waals surface area contributed by atoms with Crippen LogP contribution in [0, 0.1) is 0 Å². The first-order valence-electron chi connectivity index (χ1n) is 11.7. The summed E-state index contributed by atoms with van der Waals surface area (Å²) >= 11 is 1.35. The zero-order valence-corrected chi connectivity index (χ0v) is 20.3. The topological polar surface area (TPSA) is 93.4 Å². The van der Waals surface area contributed by atoms with Gasteiger partial charge in [0.1, 0.15) is 11.9 Å². The highest BCUT2D eigenvalue weighted by Gasteiger charge is 2.24. The van der Waals surface area contributed by atoms with Gasteiger partial charge in [-0.3, -0.25) is 9.59 Å². The van der Waals surface area contributed by atoms with E-state index in [2.05, 4.69) is 37.4 Å². The van der Waals surface area contributed by atoms with Gasteiger partial charge in [0, 0.05) is 49.7 Å². The summed E-state index contributed by atoms with van der Waals surface area (Å²) in [7, 11) is 2.12. The summed E-state index contributed by atoms with van der Waals surface area (Å²) < 4.78 is 0. The molecule has 8 nitrogen and oxygen atoms in total. The van der Waals surface area contributed by atoms with Crippen molar-refractivity contribution in [3.05, 3.63) is 76.7 Å². The van der Waals surface area contributed by atoms with Crippen LogP contribution >= 0.6 is 11.3 Å². The predicted molar refractivity (Wildman–Crippen MR) is 140 cm³/mol. The lowest BCUT2D eigenvalue weighted by molar-refractivity contribution is -0.118. The number of benzene rings is 1. The Hall–Kier alpha value is -3.69. The Morgan fingerprint density at radius 1 is 1.09 bits per heavy atom. The number of nitrogens with zero attached hydrogens (tertiary/aromatic N) is 3. The van der Waals surface area contributed by atoms with Crippen LogP contribution in [0.1, 0.15) is 15.2 Å². The van der Waals surface area contributed by atoms with Crippen LogP contribution in [-0.2, 0) is 11.2 Å². The van der Waals surface area contributed by atoms with Crippen molar-refractivity contribution in [2.75, 3.05) is 43.4 Å². The molecule has 0 radical (unpaired) electrons. The average molecular weight is 489 g/mol. The summed E-state index contributed by atoms with van der Waals surface area (Å²) in [6.07, 6.45) is 3.93. The number of pyridine rings is 1. The third-order valence-electron chi connectivity index (χ3n) is 6.31. The van der Waals surface area contributed by atoms with E-state index in [1.807, 2.05) is 54.0 Å². The Morgan fingerprint density at radius 2 is 1.91 bits per heavy atom. The molecule has 0 spiro atoms. The first-order chi connectivity index (χ1) is 17.1. The second kappa shape index (κ2) is 10.3. The first kappa shape index (κ1) is 23.1. The number of aromatic amines is 1. The fourth-order valence-electron chi connectivity index (χ4n) is 4.28. The zero-order chi connectivity index (χ0) is 24.2. The molecule has 4 heterocycles. The van der Waals surface area contributed by atoms with Crippen LogP contribution in [0.3, 0.4) is 0 Å². The Labute approximate surface area is 208 Å². The first-order valence-corrected chi connectivity index (χ1v) is 12.5. The number of amides is 2. The Morgan fingerprint density at radius 3 is 2.66 bits per heavy atom. The fraction of sp³-hybridized carbons (Fsp3) is 0.269. The third-order valence-corrected chi connectivity index (χ3v) is 7.18. The lowest BCUT2D eigenvalue weighted by Gasteiger charge is -2.33. The molecule has 0 saturated carbocycles. The van der Waals surface area contributed by atoms with Crippen molar-refractivity contribution in [2.45, 2.75) is 12.5 Å². The maximum atomic E-state index is 13.3. The Balaban J connectivity index is 1.31. The molecule has 180 valence electrons. The molecule has 1 saturated heterocycles. The van der Waals surface area contributed by atoms with Gasteiger partial charge in [0.05, 0.1) is 16.8 Å². The summed E-state index contributed by atoms with van der Waals surface area (Å²) in [5.74, 6) is 0.357. The van der Waals surface area contributed by atoms with Crippen molar-refractivity contribution in [1.29, 1.82) is 0 Å². The standard InChI is InChI=1S/C26H28N6O2S/c1-31-10-12-32(13-11-31)24-9-8-19(17-28-24)29-25(33)22(30-26(34)23-7-4-14-35-23)15-18-16-27-21-6-3-2-5-20(18)21/h2-9,14,16-17,22,27H,10-13,15H2,1H3,(H,29,33)(H,30,34)/t22-/m1/s1. The smallest absolute Gasteiger partial charge is 0.262 e. The number of hydrogen-bond acceptors (Lipinski definition) is 6. The van der Waals surface area contributed by atoms with Crippen LogP contribution in [0.15, 0.2) is 66.3 Å². The molecule has 9 heteroatoms. The minimum Gasteiger partial charge on any atom is -0.361 e. The second-order valence-corrected chi connectivity index (χ2v) is 9.70. The molecule has 1 fully saturated rings. The molecule has 0 bridgehead atoms. The van der Waals surface area contributed by atoms with Crippen LogP contribution in [0.2, 0.25) is 0 Å². The minimum atomic E-state index is -0.749. The highest BCUT2D eigenvalue weighted by molar-refractivity contribution is 7.12. The van der Waals surface area contributed by atoms with E-state index < -0.39 is 6.04 Å². The number of likely N-dealkylation sites (N-methyl/N-ethyl adjacent to an activating group) is 1. The molecule has 0 aliphatic carbocycles. The molecule has 5 rings (SSSR count). The van der Waals surface area contributed by atoms with Gasteiger partial charge in [-0.05, 0) is 42.3 Å². The van der Waals surface area contributed by atoms with Crippen LogP contribution in [0.4, 0.5) is 11.5 Å². The summed E-state index contributed by atoms with van der Waals surface area (Å²) in [4.78, 5) is 39.0. The zero-order valence-electron chi connectivity index (χ0n) is 19.5. The molecule has 1 atom stereocenters. The molecule has 2 amide bonds. The number of fused-ring (bicyclic) bond motifs is 1. The van der Waals surface area contributed by atoms with Crippen LogP contribution in [0.25, 0.3) is 10.9 Å². The maximum absolute atomic E-state index is 13.3. The number of H-pyrrole nitrogens is 1. The molecule has 3 aromatic heterocycles. The molecule has 1 aliphatic heterocycles.